The topological polar surface area (TPSA) is 47.4 Å². The third kappa shape index (κ3) is 3.43. The van der Waals surface area contributed by atoms with Crippen LogP contribution in [0, 0.1) is 0 Å². The number of aryl methyl sites for hydroxylation is 1. The van der Waals surface area contributed by atoms with Crippen LogP contribution >= 0.6 is 11.8 Å². The van der Waals surface area contributed by atoms with Crippen LogP contribution in [0.25, 0.3) is 5.69 Å². The molecule has 1 amide bonds. The number of aromatic nitrogens is 2. The molecule has 6 heteroatoms. The molecule has 1 aliphatic carbocycles. The Morgan fingerprint density at radius 2 is 2.04 bits per heavy atom. The largest absolute Gasteiger partial charge is 0.292 e. The number of hydrogen-bond donors (Lipinski definition) is 0. The molecule has 1 heterocycles. The average Bonchev–Trinajstić information content (AvgIpc) is 2.98. The van der Waals surface area contributed by atoms with Crippen molar-refractivity contribution < 1.29 is 9.63 Å². The number of hydrogen-bond acceptors (Lipinski definition) is 4. The fourth-order valence-corrected chi connectivity index (χ4v) is 3.73. The molecule has 0 fully saturated rings. The van der Waals surface area contributed by atoms with Crippen molar-refractivity contribution in [2.45, 2.75) is 30.8 Å². The normalized spacial score (nSPS) is 13.7. The Bertz CT molecular complexity index is 685. The molecule has 0 saturated carbocycles. The van der Waals surface area contributed by atoms with Gasteiger partial charge < -0.3 is 0 Å². The van der Waals surface area contributed by atoms with Crippen molar-refractivity contribution in [3.8, 4) is 5.69 Å². The van der Waals surface area contributed by atoms with Gasteiger partial charge in [0.15, 0.2) is 5.16 Å². The van der Waals surface area contributed by atoms with Crippen LogP contribution in [0.3, 0.4) is 0 Å². The van der Waals surface area contributed by atoms with E-state index < -0.39 is 0 Å². The van der Waals surface area contributed by atoms with Gasteiger partial charge in [0.2, 0.25) is 0 Å². The van der Waals surface area contributed by atoms with E-state index in [0.717, 1.165) is 23.7 Å². The summed E-state index contributed by atoms with van der Waals surface area (Å²) in [4.78, 5) is 21.7. The first-order chi connectivity index (χ1) is 11.2. The van der Waals surface area contributed by atoms with Gasteiger partial charge >= 0.3 is 0 Å². The van der Waals surface area contributed by atoms with Gasteiger partial charge in [0.1, 0.15) is 0 Å². The zero-order valence-electron chi connectivity index (χ0n) is 13.5. The van der Waals surface area contributed by atoms with Gasteiger partial charge in [-0.05, 0) is 37.8 Å². The smallest absolute Gasteiger partial charge is 0.256 e. The molecule has 0 bridgehead atoms. The fraction of sp³-hybridized carbons (Fsp3) is 0.412. The Kier molecular flexibility index (Phi) is 5.03. The van der Waals surface area contributed by atoms with Crippen molar-refractivity contribution in [2.24, 2.45) is 0 Å². The Hall–Kier alpha value is -1.79. The summed E-state index contributed by atoms with van der Waals surface area (Å²) in [7, 11) is 3.11. The number of thioether (sulfide) groups is 1. The standard InChI is InChI=1S/C17H21N3O2S/c1-19(22-2)16(21)12-23-17-18-14-10-6-7-11-15(14)20(17)13-8-4-3-5-9-13/h3-5,8-9H,6-7,10-12H2,1-2H3. The van der Waals surface area contributed by atoms with E-state index in [1.165, 1.54) is 48.2 Å². The number of benzene rings is 1. The summed E-state index contributed by atoms with van der Waals surface area (Å²) in [5.74, 6) is 0.241. The van der Waals surface area contributed by atoms with E-state index in [-0.39, 0.29) is 5.91 Å². The van der Waals surface area contributed by atoms with E-state index in [1.54, 1.807) is 7.05 Å². The highest BCUT2D eigenvalue weighted by Gasteiger charge is 2.22. The maximum atomic E-state index is 12.0. The lowest BCUT2D eigenvalue weighted by Gasteiger charge is -2.16. The van der Waals surface area contributed by atoms with Crippen LogP contribution in [0.5, 0.6) is 0 Å². The average molecular weight is 331 g/mol. The number of para-hydroxylation sites is 1. The SMILES string of the molecule is CON(C)C(=O)CSc1nc2c(n1-c1ccccc1)CCCC2. The molecular formula is C17H21N3O2S. The second-order valence-electron chi connectivity index (χ2n) is 5.53. The summed E-state index contributed by atoms with van der Waals surface area (Å²) in [5, 5.41) is 2.14. The van der Waals surface area contributed by atoms with Gasteiger partial charge in [-0.1, -0.05) is 30.0 Å². The summed E-state index contributed by atoms with van der Waals surface area (Å²) in [6.07, 6.45) is 4.45. The number of fused-ring (bicyclic) bond motifs is 1. The van der Waals surface area contributed by atoms with Crippen LogP contribution in [0.15, 0.2) is 35.5 Å². The number of nitrogens with zero attached hydrogens (tertiary/aromatic N) is 3. The predicted octanol–water partition coefficient (Wildman–Crippen LogP) is 2.86. The minimum atomic E-state index is -0.0712. The van der Waals surface area contributed by atoms with Crippen LogP contribution < -0.4 is 0 Å². The summed E-state index contributed by atoms with van der Waals surface area (Å²) in [5.41, 5.74) is 3.57. The molecule has 1 aromatic carbocycles. The number of carbonyl (C=O) groups excluding carboxylic acids is 1. The van der Waals surface area contributed by atoms with E-state index in [0.29, 0.717) is 5.75 Å². The highest BCUT2D eigenvalue weighted by Crippen LogP contribution is 2.30. The molecule has 0 N–H and O–H groups in total. The lowest BCUT2D eigenvalue weighted by molar-refractivity contribution is -0.165. The van der Waals surface area contributed by atoms with Crippen molar-refractivity contribution >= 4 is 17.7 Å². The Balaban J connectivity index is 1.90. The molecule has 1 aromatic heterocycles. The van der Waals surface area contributed by atoms with Crippen molar-refractivity contribution in [3.05, 3.63) is 41.7 Å². The molecule has 5 nitrogen and oxygen atoms in total. The van der Waals surface area contributed by atoms with Gasteiger partial charge in [0.05, 0.1) is 18.6 Å². The second kappa shape index (κ2) is 7.19. The molecule has 23 heavy (non-hydrogen) atoms. The number of hydroxylamine groups is 2. The molecule has 122 valence electrons. The zero-order chi connectivity index (χ0) is 16.2. The van der Waals surface area contributed by atoms with Gasteiger partial charge in [-0.2, -0.15) is 0 Å². The molecule has 0 aliphatic heterocycles. The summed E-state index contributed by atoms with van der Waals surface area (Å²) in [6, 6.07) is 10.2. The zero-order valence-corrected chi connectivity index (χ0v) is 14.3. The lowest BCUT2D eigenvalue weighted by Crippen LogP contribution is -2.27. The van der Waals surface area contributed by atoms with Crippen molar-refractivity contribution in [3.63, 3.8) is 0 Å². The minimum Gasteiger partial charge on any atom is -0.292 e. The third-order valence-electron chi connectivity index (χ3n) is 4.07. The number of amides is 1. The molecule has 0 saturated heterocycles. The quantitative estimate of drug-likeness (QED) is 0.624. The van der Waals surface area contributed by atoms with Crippen LogP contribution in [0.2, 0.25) is 0 Å². The Morgan fingerprint density at radius 3 is 2.78 bits per heavy atom. The summed E-state index contributed by atoms with van der Waals surface area (Å²) in [6.45, 7) is 0. The van der Waals surface area contributed by atoms with E-state index >= 15 is 0 Å². The minimum absolute atomic E-state index is 0.0712. The molecular weight excluding hydrogens is 310 g/mol. The first-order valence-corrected chi connectivity index (χ1v) is 8.78. The molecule has 2 aromatic rings. The van der Waals surface area contributed by atoms with Gasteiger partial charge in [-0.15, -0.1) is 0 Å². The first kappa shape index (κ1) is 16.1. The van der Waals surface area contributed by atoms with Crippen LogP contribution in [-0.4, -0.2) is 40.4 Å². The third-order valence-corrected chi connectivity index (χ3v) is 4.99. The van der Waals surface area contributed by atoms with Crippen molar-refractivity contribution in [1.29, 1.82) is 0 Å². The highest BCUT2D eigenvalue weighted by atomic mass is 32.2. The summed E-state index contributed by atoms with van der Waals surface area (Å²) < 4.78 is 2.21. The van der Waals surface area contributed by atoms with E-state index in [1.807, 2.05) is 18.2 Å². The number of rotatable bonds is 5. The van der Waals surface area contributed by atoms with E-state index in [9.17, 15) is 4.79 Å². The number of carbonyl (C=O) groups is 1. The van der Waals surface area contributed by atoms with Gasteiger partial charge in [-0.3, -0.25) is 14.2 Å². The lowest BCUT2D eigenvalue weighted by atomic mass is 10.0. The molecule has 0 radical (unpaired) electrons. The highest BCUT2D eigenvalue weighted by molar-refractivity contribution is 7.99. The van der Waals surface area contributed by atoms with E-state index in [4.69, 9.17) is 9.82 Å². The molecule has 0 atom stereocenters. The fourth-order valence-electron chi connectivity index (χ4n) is 2.77. The Morgan fingerprint density at radius 1 is 1.30 bits per heavy atom. The molecule has 3 rings (SSSR count). The van der Waals surface area contributed by atoms with E-state index in [2.05, 4.69) is 16.7 Å². The Labute approximate surface area is 140 Å². The van der Waals surface area contributed by atoms with Gasteiger partial charge in [0, 0.05) is 18.4 Å². The molecule has 0 unspecified atom stereocenters. The van der Waals surface area contributed by atoms with Crippen molar-refractivity contribution in [2.75, 3.05) is 19.9 Å². The first-order valence-electron chi connectivity index (χ1n) is 7.80. The predicted molar refractivity (Wildman–Crippen MR) is 90.7 cm³/mol. The monoisotopic (exact) mass is 331 g/mol. The van der Waals surface area contributed by atoms with Crippen molar-refractivity contribution in [1.82, 2.24) is 14.6 Å². The van der Waals surface area contributed by atoms with Gasteiger partial charge in [-0.25, -0.2) is 10.0 Å². The molecule has 1 aliphatic rings. The van der Waals surface area contributed by atoms with Gasteiger partial charge in [0.25, 0.3) is 5.91 Å². The molecule has 0 spiro atoms. The second-order valence-corrected chi connectivity index (χ2v) is 6.47. The van der Waals surface area contributed by atoms with Crippen LogP contribution in [0.1, 0.15) is 24.2 Å². The van der Waals surface area contributed by atoms with Crippen LogP contribution in [-0.2, 0) is 22.5 Å². The maximum Gasteiger partial charge on any atom is 0.256 e. The summed E-state index contributed by atoms with van der Waals surface area (Å²) >= 11 is 1.47. The van der Waals surface area contributed by atoms with Crippen LogP contribution in [0.4, 0.5) is 0 Å². The maximum absolute atomic E-state index is 12.0. The number of imidazole rings is 1.